The van der Waals surface area contributed by atoms with Crippen molar-refractivity contribution in [2.24, 2.45) is 5.92 Å². The van der Waals surface area contributed by atoms with Gasteiger partial charge in [-0.05, 0) is 38.5 Å². The normalized spacial score (nSPS) is 26.5. The summed E-state index contributed by atoms with van der Waals surface area (Å²) in [4.78, 5) is 2.38. The third-order valence-electron chi connectivity index (χ3n) is 4.47. The third kappa shape index (κ3) is 4.89. The van der Waals surface area contributed by atoms with Crippen molar-refractivity contribution in [1.29, 1.82) is 0 Å². The zero-order chi connectivity index (χ0) is 13.4. The van der Waals surface area contributed by atoms with Gasteiger partial charge < -0.3 is 5.11 Å². The second kappa shape index (κ2) is 8.92. The summed E-state index contributed by atoms with van der Waals surface area (Å²) in [5.41, 5.74) is 0. The summed E-state index contributed by atoms with van der Waals surface area (Å²) in [5, 5.41) is 10.1. The Morgan fingerprint density at radius 1 is 1.11 bits per heavy atom. The van der Waals surface area contributed by atoms with Crippen molar-refractivity contribution >= 4 is 0 Å². The van der Waals surface area contributed by atoms with Crippen molar-refractivity contribution in [2.45, 2.75) is 90.8 Å². The first-order valence-corrected chi connectivity index (χ1v) is 8.14. The lowest BCUT2D eigenvalue weighted by molar-refractivity contribution is -0.0422. The molecule has 1 aliphatic rings. The van der Waals surface area contributed by atoms with Gasteiger partial charge in [0, 0.05) is 12.6 Å². The van der Waals surface area contributed by atoms with Gasteiger partial charge in [0.1, 0.15) is 6.23 Å². The van der Waals surface area contributed by atoms with Crippen molar-refractivity contribution in [3.63, 3.8) is 0 Å². The Bertz CT molecular complexity index is 205. The Labute approximate surface area is 114 Å². The van der Waals surface area contributed by atoms with Gasteiger partial charge in [0.05, 0.1) is 0 Å². The van der Waals surface area contributed by atoms with Crippen LogP contribution in [0.3, 0.4) is 0 Å². The van der Waals surface area contributed by atoms with E-state index in [2.05, 4.69) is 18.7 Å². The molecule has 1 N–H and O–H groups in total. The summed E-state index contributed by atoms with van der Waals surface area (Å²) in [7, 11) is 0. The molecule has 1 rings (SSSR count). The Hall–Kier alpha value is -0.0800. The first-order chi connectivity index (χ1) is 8.70. The predicted molar refractivity (Wildman–Crippen MR) is 78.6 cm³/mol. The van der Waals surface area contributed by atoms with Crippen LogP contribution in [0.2, 0.25) is 0 Å². The molecule has 0 spiro atoms. The van der Waals surface area contributed by atoms with Crippen LogP contribution in [0.1, 0.15) is 78.6 Å². The predicted octanol–water partition coefficient (Wildman–Crippen LogP) is 4.18. The molecule has 1 unspecified atom stereocenters. The van der Waals surface area contributed by atoms with Crippen molar-refractivity contribution in [3.05, 3.63) is 0 Å². The molecule has 1 saturated carbocycles. The highest BCUT2D eigenvalue weighted by Crippen LogP contribution is 2.33. The van der Waals surface area contributed by atoms with Crippen LogP contribution in [0.15, 0.2) is 0 Å². The van der Waals surface area contributed by atoms with Gasteiger partial charge in [-0.1, -0.05) is 46.0 Å². The average molecular weight is 255 g/mol. The Kier molecular flexibility index (Phi) is 7.92. The molecule has 3 atom stereocenters. The number of rotatable bonds is 8. The van der Waals surface area contributed by atoms with Gasteiger partial charge in [0.2, 0.25) is 0 Å². The molecule has 0 aliphatic heterocycles. The first-order valence-electron chi connectivity index (χ1n) is 8.14. The smallest absolute Gasteiger partial charge is 0.104 e. The highest BCUT2D eigenvalue weighted by atomic mass is 16.3. The van der Waals surface area contributed by atoms with Crippen molar-refractivity contribution in [3.8, 4) is 0 Å². The van der Waals surface area contributed by atoms with Crippen LogP contribution in [0.4, 0.5) is 0 Å². The van der Waals surface area contributed by atoms with E-state index in [0.29, 0.717) is 6.04 Å². The van der Waals surface area contributed by atoms with Crippen LogP contribution in [0.25, 0.3) is 0 Å². The molecule has 0 aromatic carbocycles. The van der Waals surface area contributed by atoms with E-state index in [1.54, 1.807) is 0 Å². The summed E-state index contributed by atoms with van der Waals surface area (Å²) in [6.07, 6.45) is 11.6. The summed E-state index contributed by atoms with van der Waals surface area (Å²) >= 11 is 0. The summed E-state index contributed by atoms with van der Waals surface area (Å²) in [6.45, 7) is 7.53. The van der Waals surface area contributed by atoms with Gasteiger partial charge in [0.25, 0.3) is 0 Å². The molecule has 0 radical (unpaired) electrons. The quantitative estimate of drug-likeness (QED) is 0.658. The Morgan fingerprint density at radius 3 is 2.39 bits per heavy atom. The van der Waals surface area contributed by atoms with Gasteiger partial charge in [0.15, 0.2) is 0 Å². The fourth-order valence-electron chi connectivity index (χ4n) is 3.40. The largest absolute Gasteiger partial charge is 0.379 e. The SMILES string of the molecule is CCCC[C@H]1CCCC[C@H]1N(CCCC)C(C)O. The molecule has 1 fully saturated rings. The van der Waals surface area contributed by atoms with Crippen LogP contribution < -0.4 is 0 Å². The number of hydrogen-bond acceptors (Lipinski definition) is 2. The summed E-state index contributed by atoms with van der Waals surface area (Å²) in [5.74, 6) is 0.824. The van der Waals surface area contributed by atoms with Crippen molar-refractivity contribution < 1.29 is 5.11 Å². The van der Waals surface area contributed by atoms with E-state index < -0.39 is 0 Å². The maximum Gasteiger partial charge on any atom is 0.104 e. The van der Waals surface area contributed by atoms with E-state index in [4.69, 9.17) is 0 Å². The number of aliphatic hydroxyl groups is 1. The van der Waals surface area contributed by atoms with Crippen molar-refractivity contribution in [2.75, 3.05) is 6.54 Å². The van der Waals surface area contributed by atoms with Gasteiger partial charge in [-0.3, -0.25) is 4.90 Å². The van der Waals surface area contributed by atoms with Crippen LogP contribution in [-0.2, 0) is 0 Å². The lowest BCUT2D eigenvalue weighted by Gasteiger charge is -2.41. The molecule has 18 heavy (non-hydrogen) atoms. The zero-order valence-corrected chi connectivity index (χ0v) is 12.7. The molecule has 0 bridgehead atoms. The molecule has 2 heteroatoms. The monoisotopic (exact) mass is 255 g/mol. The summed E-state index contributed by atoms with van der Waals surface area (Å²) in [6, 6.07) is 0.636. The van der Waals surface area contributed by atoms with E-state index in [1.165, 1.54) is 57.8 Å². The number of aliphatic hydroxyl groups excluding tert-OH is 1. The van der Waals surface area contributed by atoms with Crippen LogP contribution in [0.5, 0.6) is 0 Å². The van der Waals surface area contributed by atoms with Crippen LogP contribution in [-0.4, -0.2) is 28.8 Å². The van der Waals surface area contributed by atoms with Gasteiger partial charge in [-0.15, -0.1) is 0 Å². The molecule has 0 amide bonds. The molecule has 0 heterocycles. The lowest BCUT2D eigenvalue weighted by Crippen LogP contribution is -2.47. The van der Waals surface area contributed by atoms with Crippen LogP contribution >= 0.6 is 0 Å². The third-order valence-corrected chi connectivity index (χ3v) is 4.47. The molecule has 0 saturated heterocycles. The van der Waals surface area contributed by atoms with E-state index in [1.807, 2.05) is 6.92 Å². The van der Waals surface area contributed by atoms with Gasteiger partial charge in [-0.25, -0.2) is 0 Å². The molecule has 0 aromatic rings. The highest BCUT2D eigenvalue weighted by molar-refractivity contribution is 4.84. The van der Waals surface area contributed by atoms with Crippen molar-refractivity contribution in [1.82, 2.24) is 4.90 Å². The number of nitrogens with zero attached hydrogens (tertiary/aromatic N) is 1. The molecular weight excluding hydrogens is 222 g/mol. The minimum atomic E-state index is -0.274. The second-order valence-electron chi connectivity index (χ2n) is 5.98. The number of hydrogen-bond donors (Lipinski definition) is 1. The Morgan fingerprint density at radius 2 is 1.78 bits per heavy atom. The first kappa shape index (κ1) is 16.0. The van der Waals surface area contributed by atoms with Crippen LogP contribution in [0, 0.1) is 5.92 Å². The highest BCUT2D eigenvalue weighted by Gasteiger charge is 2.31. The molecule has 0 aromatic heterocycles. The topological polar surface area (TPSA) is 23.5 Å². The minimum Gasteiger partial charge on any atom is -0.379 e. The molecule has 1 aliphatic carbocycles. The standard InChI is InChI=1S/C16H33NO/c1-4-6-10-15-11-8-9-12-16(15)17(14(3)18)13-7-5-2/h14-16,18H,4-13H2,1-3H3/t14?,15-,16+/m0/s1. The van der Waals surface area contributed by atoms with E-state index in [0.717, 1.165) is 12.5 Å². The Balaban J connectivity index is 2.59. The molecular formula is C16H33NO. The lowest BCUT2D eigenvalue weighted by atomic mass is 9.80. The van der Waals surface area contributed by atoms with E-state index in [-0.39, 0.29) is 6.23 Å². The van der Waals surface area contributed by atoms with E-state index in [9.17, 15) is 5.11 Å². The number of unbranched alkanes of at least 4 members (excludes halogenated alkanes) is 2. The maximum absolute atomic E-state index is 10.1. The van der Waals surface area contributed by atoms with Gasteiger partial charge in [-0.2, -0.15) is 0 Å². The fourth-order valence-corrected chi connectivity index (χ4v) is 3.40. The fraction of sp³-hybridized carbons (Fsp3) is 1.00. The average Bonchev–Trinajstić information content (AvgIpc) is 2.37. The zero-order valence-electron chi connectivity index (χ0n) is 12.7. The second-order valence-corrected chi connectivity index (χ2v) is 5.98. The maximum atomic E-state index is 10.1. The summed E-state index contributed by atoms with van der Waals surface area (Å²) < 4.78 is 0. The van der Waals surface area contributed by atoms with E-state index >= 15 is 0 Å². The van der Waals surface area contributed by atoms with Gasteiger partial charge >= 0.3 is 0 Å². The molecule has 2 nitrogen and oxygen atoms in total. The molecule has 108 valence electrons. The minimum absolute atomic E-state index is 0.274.